The smallest absolute Gasteiger partial charge is 0.410 e. The zero-order valence-corrected chi connectivity index (χ0v) is 18.6. The molecule has 0 spiro atoms. The van der Waals surface area contributed by atoms with Gasteiger partial charge in [0.05, 0.1) is 19.1 Å². The summed E-state index contributed by atoms with van der Waals surface area (Å²) in [6, 6.07) is 18.9. The van der Waals surface area contributed by atoms with Crippen molar-refractivity contribution in [3.05, 3.63) is 71.8 Å². The van der Waals surface area contributed by atoms with Gasteiger partial charge < -0.3 is 24.2 Å². The van der Waals surface area contributed by atoms with Crippen molar-refractivity contribution in [1.29, 1.82) is 0 Å². The van der Waals surface area contributed by atoms with Crippen LogP contribution in [0, 0.1) is 5.92 Å². The van der Waals surface area contributed by atoms with Crippen LogP contribution < -0.4 is 0 Å². The van der Waals surface area contributed by atoms with Gasteiger partial charge in [0.25, 0.3) is 0 Å². The van der Waals surface area contributed by atoms with Gasteiger partial charge in [0.15, 0.2) is 0 Å². The first-order valence-corrected chi connectivity index (χ1v) is 10.9. The summed E-state index contributed by atoms with van der Waals surface area (Å²) >= 11 is 0. The molecule has 0 radical (unpaired) electrons. The van der Waals surface area contributed by atoms with E-state index in [2.05, 4.69) is 0 Å². The van der Waals surface area contributed by atoms with Crippen LogP contribution in [0.3, 0.4) is 0 Å². The number of benzene rings is 2. The molecule has 1 N–H and O–H groups in total. The molecule has 8 heteroatoms. The highest BCUT2D eigenvalue weighted by atomic mass is 16.7. The van der Waals surface area contributed by atoms with E-state index in [0.29, 0.717) is 19.4 Å². The largest absolute Gasteiger partial charge is 0.481 e. The molecule has 1 aliphatic heterocycles. The molecule has 2 unspecified atom stereocenters. The van der Waals surface area contributed by atoms with E-state index in [-0.39, 0.29) is 19.6 Å². The molecule has 1 amide bonds. The second-order valence-electron chi connectivity index (χ2n) is 8.08. The van der Waals surface area contributed by atoms with Crippen molar-refractivity contribution in [2.45, 2.75) is 51.7 Å². The normalized spacial score (nSPS) is 20.0. The SMILES string of the molecule is CC(=O)OC1O[C@H](CN(Cc2ccccc2)C(=O)OCc2ccccc2)CCC1CC(=O)O. The second-order valence-corrected chi connectivity index (χ2v) is 8.08. The van der Waals surface area contributed by atoms with Crippen molar-refractivity contribution >= 4 is 18.0 Å². The third kappa shape index (κ3) is 7.91. The highest BCUT2D eigenvalue weighted by Crippen LogP contribution is 2.29. The molecule has 8 nitrogen and oxygen atoms in total. The molecule has 1 saturated heterocycles. The van der Waals surface area contributed by atoms with Gasteiger partial charge in [0.1, 0.15) is 6.61 Å². The highest BCUT2D eigenvalue weighted by molar-refractivity contribution is 5.68. The first-order chi connectivity index (χ1) is 15.9. The Morgan fingerprint density at radius 3 is 2.24 bits per heavy atom. The van der Waals surface area contributed by atoms with Gasteiger partial charge in [0.2, 0.25) is 6.29 Å². The summed E-state index contributed by atoms with van der Waals surface area (Å²) in [6.45, 7) is 1.95. The number of carbonyl (C=O) groups excluding carboxylic acids is 2. The molecular weight excluding hydrogens is 426 g/mol. The quantitative estimate of drug-likeness (QED) is 0.571. The molecular formula is C25H29NO7. The topological polar surface area (TPSA) is 102 Å². The number of carboxylic acids is 1. The highest BCUT2D eigenvalue weighted by Gasteiger charge is 2.36. The molecule has 3 rings (SSSR count). The second kappa shape index (κ2) is 12.0. The summed E-state index contributed by atoms with van der Waals surface area (Å²) in [6.07, 6.45) is -0.982. The van der Waals surface area contributed by atoms with Gasteiger partial charge in [-0.25, -0.2) is 4.79 Å². The lowest BCUT2D eigenvalue weighted by Crippen LogP contribution is -2.45. The minimum Gasteiger partial charge on any atom is -0.481 e. The Morgan fingerprint density at radius 2 is 1.64 bits per heavy atom. The minimum absolute atomic E-state index is 0.146. The van der Waals surface area contributed by atoms with Crippen LogP contribution in [0.5, 0.6) is 0 Å². The maximum atomic E-state index is 12.9. The average molecular weight is 456 g/mol. The van der Waals surface area contributed by atoms with E-state index >= 15 is 0 Å². The van der Waals surface area contributed by atoms with Gasteiger partial charge in [-0.2, -0.15) is 0 Å². The predicted octanol–water partition coefficient (Wildman–Crippen LogP) is 3.98. The first-order valence-electron chi connectivity index (χ1n) is 10.9. The van der Waals surface area contributed by atoms with Crippen LogP contribution >= 0.6 is 0 Å². The van der Waals surface area contributed by atoms with E-state index in [1.165, 1.54) is 6.92 Å². The molecule has 1 fully saturated rings. The van der Waals surface area contributed by atoms with E-state index in [0.717, 1.165) is 11.1 Å². The van der Waals surface area contributed by atoms with Crippen LogP contribution in [0.15, 0.2) is 60.7 Å². The van der Waals surface area contributed by atoms with E-state index < -0.39 is 36.3 Å². The summed E-state index contributed by atoms with van der Waals surface area (Å²) in [4.78, 5) is 37.2. The van der Waals surface area contributed by atoms with Gasteiger partial charge in [-0.05, 0) is 24.0 Å². The third-order valence-electron chi connectivity index (χ3n) is 5.39. The number of hydrogen-bond acceptors (Lipinski definition) is 6. The number of hydrogen-bond donors (Lipinski definition) is 1. The number of carboxylic acid groups (broad SMARTS) is 1. The fraction of sp³-hybridized carbons (Fsp3) is 0.400. The number of aliphatic carboxylic acids is 1. The molecule has 1 aliphatic rings. The van der Waals surface area contributed by atoms with E-state index in [1.54, 1.807) is 4.90 Å². The third-order valence-corrected chi connectivity index (χ3v) is 5.39. The maximum absolute atomic E-state index is 12.9. The molecule has 0 aromatic heterocycles. The van der Waals surface area contributed by atoms with E-state index in [4.69, 9.17) is 19.3 Å². The van der Waals surface area contributed by atoms with Gasteiger partial charge in [-0.15, -0.1) is 0 Å². The number of esters is 1. The van der Waals surface area contributed by atoms with Crippen molar-refractivity contribution in [2.24, 2.45) is 5.92 Å². The van der Waals surface area contributed by atoms with Crippen LogP contribution in [-0.4, -0.2) is 47.0 Å². The van der Waals surface area contributed by atoms with Crippen LogP contribution in [0.2, 0.25) is 0 Å². The van der Waals surface area contributed by atoms with Crippen molar-refractivity contribution in [3.63, 3.8) is 0 Å². The standard InChI is InChI=1S/C25H29NO7/c1-18(27)32-24-21(14-23(28)29)12-13-22(33-24)16-26(15-19-8-4-2-5-9-19)25(30)31-17-20-10-6-3-7-11-20/h2-11,21-22,24H,12-17H2,1H3,(H,28,29)/t21?,22-,24?/m0/s1. The number of amides is 1. The van der Waals surface area contributed by atoms with Crippen LogP contribution in [0.1, 0.15) is 37.3 Å². The van der Waals surface area contributed by atoms with Crippen LogP contribution in [-0.2, 0) is 37.0 Å². The van der Waals surface area contributed by atoms with Crippen LogP contribution in [0.25, 0.3) is 0 Å². The predicted molar refractivity (Wildman–Crippen MR) is 119 cm³/mol. The van der Waals surface area contributed by atoms with Crippen LogP contribution in [0.4, 0.5) is 4.79 Å². The number of ether oxygens (including phenoxy) is 3. The fourth-order valence-corrected chi connectivity index (χ4v) is 3.81. The molecule has 2 aromatic carbocycles. The van der Waals surface area contributed by atoms with Gasteiger partial charge in [0, 0.05) is 19.4 Å². The number of rotatable bonds is 9. The molecule has 33 heavy (non-hydrogen) atoms. The van der Waals surface area contributed by atoms with E-state index in [9.17, 15) is 14.4 Å². The fourth-order valence-electron chi connectivity index (χ4n) is 3.81. The minimum atomic E-state index is -0.977. The molecule has 0 bridgehead atoms. The lowest BCUT2D eigenvalue weighted by Gasteiger charge is -2.37. The Balaban J connectivity index is 1.68. The average Bonchev–Trinajstić information content (AvgIpc) is 2.79. The number of carbonyl (C=O) groups is 3. The van der Waals surface area contributed by atoms with Crippen molar-refractivity contribution in [1.82, 2.24) is 4.90 Å². The molecule has 0 saturated carbocycles. The molecule has 1 heterocycles. The molecule has 3 atom stereocenters. The summed E-state index contributed by atoms with van der Waals surface area (Å²) < 4.78 is 16.7. The number of nitrogens with zero attached hydrogens (tertiary/aromatic N) is 1. The monoisotopic (exact) mass is 455 g/mol. The molecule has 2 aromatic rings. The lowest BCUT2D eigenvalue weighted by molar-refractivity contribution is -0.223. The lowest BCUT2D eigenvalue weighted by atomic mass is 9.93. The molecule has 176 valence electrons. The summed E-state index contributed by atoms with van der Waals surface area (Å²) in [7, 11) is 0. The Hall–Kier alpha value is -3.39. The maximum Gasteiger partial charge on any atom is 0.410 e. The first kappa shape index (κ1) is 24.3. The van der Waals surface area contributed by atoms with Gasteiger partial charge in [-0.1, -0.05) is 60.7 Å². The summed E-state index contributed by atoms with van der Waals surface area (Å²) in [5.41, 5.74) is 1.82. The summed E-state index contributed by atoms with van der Waals surface area (Å²) in [5.74, 6) is -1.95. The molecule has 0 aliphatic carbocycles. The summed E-state index contributed by atoms with van der Waals surface area (Å²) in [5, 5.41) is 9.15. The zero-order valence-electron chi connectivity index (χ0n) is 18.6. The van der Waals surface area contributed by atoms with Crippen molar-refractivity contribution in [3.8, 4) is 0 Å². The van der Waals surface area contributed by atoms with Crippen molar-refractivity contribution in [2.75, 3.05) is 6.54 Å². The Bertz CT molecular complexity index is 919. The van der Waals surface area contributed by atoms with Gasteiger partial charge in [-0.3, -0.25) is 9.59 Å². The Labute approximate surface area is 193 Å². The Kier molecular flexibility index (Phi) is 8.83. The van der Waals surface area contributed by atoms with E-state index in [1.807, 2.05) is 60.7 Å². The van der Waals surface area contributed by atoms with Crippen molar-refractivity contribution < 1.29 is 33.7 Å². The zero-order chi connectivity index (χ0) is 23.6. The van der Waals surface area contributed by atoms with Gasteiger partial charge >= 0.3 is 18.0 Å². The Morgan fingerprint density at radius 1 is 1.00 bits per heavy atom.